The zero-order chi connectivity index (χ0) is 27.2. The van der Waals surface area contributed by atoms with E-state index in [-0.39, 0.29) is 40.2 Å². The number of methoxy groups -OCH3 is 2. The molecule has 2 heterocycles. The number of anilines is 1. The second kappa shape index (κ2) is 9.45. The highest BCUT2D eigenvalue weighted by molar-refractivity contribution is 6.36. The van der Waals surface area contributed by atoms with Crippen LogP contribution in [0.2, 0.25) is 5.02 Å². The number of hydrogen-bond donors (Lipinski definition) is 2. The summed E-state index contributed by atoms with van der Waals surface area (Å²) in [6, 6.07) is 8.64. The predicted octanol–water partition coefficient (Wildman–Crippen LogP) is 2.41. The molecule has 0 bridgehead atoms. The largest absolute Gasteiger partial charge is 0.496 e. The molecule has 2 aromatic carbocycles. The molecule has 2 aliphatic rings. The van der Waals surface area contributed by atoms with Crippen LogP contribution in [0.4, 0.5) is 5.69 Å². The van der Waals surface area contributed by atoms with Gasteiger partial charge in [0, 0.05) is 35.0 Å². The van der Waals surface area contributed by atoms with Crippen LogP contribution in [0.15, 0.2) is 42.1 Å². The van der Waals surface area contributed by atoms with Crippen molar-refractivity contribution in [2.75, 3.05) is 19.5 Å². The number of ether oxygens (including phenoxy) is 3. The molecule has 0 fully saturated rings. The maximum atomic E-state index is 13.7. The molecule has 5 rings (SSSR count). The van der Waals surface area contributed by atoms with E-state index in [4.69, 9.17) is 31.5 Å². The molecule has 0 saturated carbocycles. The summed E-state index contributed by atoms with van der Waals surface area (Å²) < 4.78 is 16.7. The molecule has 3 aromatic rings. The van der Waals surface area contributed by atoms with Crippen molar-refractivity contribution < 1.29 is 28.6 Å². The minimum atomic E-state index is -1.78. The third-order valence-electron chi connectivity index (χ3n) is 6.52. The lowest BCUT2D eigenvalue weighted by Crippen LogP contribution is -2.55. The average molecular weight is 539 g/mol. The minimum absolute atomic E-state index is 0.0633. The summed E-state index contributed by atoms with van der Waals surface area (Å²) in [5, 5.41) is 15.4. The van der Waals surface area contributed by atoms with Crippen molar-refractivity contribution in [3.8, 4) is 28.6 Å². The monoisotopic (exact) mass is 538 g/mol. The number of rotatable bonds is 7. The summed E-state index contributed by atoms with van der Waals surface area (Å²) in [5.74, 6) is -1.40. The molecule has 1 aliphatic heterocycles. The van der Waals surface area contributed by atoms with Crippen molar-refractivity contribution in [1.29, 1.82) is 0 Å². The number of benzene rings is 2. The van der Waals surface area contributed by atoms with Gasteiger partial charge < -0.3 is 25.3 Å². The van der Waals surface area contributed by atoms with E-state index >= 15 is 0 Å². The fraction of sp³-hybridized carbons (Fsp3) is 0.280. The van der Waals surface area contributed by atoms with Gasteiger partial charge in [0.15, 0.2) is 5.75 Å². The van der Waals surface area contributed by atoms with Gasteiger partial charge in [0.2, 0.25) is 28.9 Å². The number of allylic oxidation sites excluding steroid dienone is 1. The summed E-state index contributed by atoms with van der Waals surface area (Å²) in [4.78, 5) is 39.5. The number of nitrogens with two attached hydrogens (primary N) is 1. The van der Waals surface area contributed by atoms with Gasteiger partial charge in [0.25, 0.3) is 0 Å². The van der Waals surface area contributed by atoms with Crippen LogP contribution in [0.1, 0.15) is 23.7 Å². The normalized spacial score (nSPS) is 20.1. The van der Waals surface area contributed by atoms with Gasteiger partial charge in [0.05, 0.1) is 14.2 Å². The first-order chi connectivity index (χ1) is 18.2. The van der Waals surface area contributed by atoms with Gasteiger partial charge in [-0.3, -0.25) is 14.4 Å². The topological polar surface area (TPSA) is 161 Å². The molecule has 3 N–H and O–H groups in total. The number of halogens is 1. The number of nitrogens with zero attached hydrogens (tertiary/aromatic N) is 4. The van der Waals surface area contributed by atoms with Crippen molar-refractivity contribution >= 4 is 34.8 Å². The highest BCUT2D eigenvalue weighted by atomic mass is 35.5. The summed E-state index contributed by atoms with van der Waals surface area (Å²) in [6.45, 7) is 1.55. The number of hydrogen-bond acceptors (Lipinski definition) is 10. The summed E-state index contributed by atoms with van der Waals surface area (Å²) in [5.41, 5.74) is 5.29. The van der Waals surface area contributed by atoms with Crippen LogP contribution < -0.4 is 25.3 Å². The molecule has 0 unspecified atom stereocenters. The first-order valence-corrected chi connectivity index (χ1v) is 11.9. The van der Waals surface area contributed by atoms with E-state index in [0.717, 1.165) is 4.80 Å². The Morgan fingerprint density at radius 1 is 1.26 bits per heavy atom. The van der Waals surface area contributed by atoms with Gasteiger partial charge in [0.1, 0.15) is 28.6 Å². The molecule has 196 valence electrons. The lowest BCUT2D eigenvalue weighted by atomic mass is 9.74. The molecule has 1 aromatic heterocycles. The summed E-state index contributed by atoms with van der Waals surface area (Å²) >= 11 is 6.45. The third kappa shape index (κ3) is 3.93. The van der Waals surface area contributed by atoms with Crippen LogP contribution >= 0.6 is 11.6 Å². The van der Waals surface area contributed by atoms with Crippen LogP contribution in [0, 0.1) is 5.92 Å². The van der Waals surface area contributed by atoms with Crippen LogP contribution in [0.3, 0.4) is 0 Å². The van der Waals surface area contributed by atoms with Crippen molar-refractivity contribution in [3.05, 3.63) is 52.7 Å². The molecule has 0 saturated heterocycles. The second-order valence-corrected chi connectivity index (χ2v) is 9.26. The highest BCUT2D eigenvalue weighted by Gasteiger charge is 2.60. The zero-order valence-corrected chi connectivity index (χ0v) is 21.4. The number of nitrogens with one attached hydrogen (secondary N) is 1. The molecule has 0 radical (unpaired) electrons. The minimum Gasteiger partial charge on any atom is -0.496 e. The van der Waals surface area contributed by atoms with E-state index in [2.05, 4.69) is 20.7 Å². The van der Waals surface area contributed by atoms with E-state index in [9.17, 15) is 14.4 Å². The fourth-order valence-electron chi connectivity index (χ4n) is 4.73. The predicted molar refractivity (Wildman–Crippen MR) is 135 cm³/mol. The molecule has 1 spiro atoms. The number of amides is 1. The highest BCUT2D eigenvalue weighted by Crippen LogP contribution is 2.53. The number of Topliss-reactive ketones (excluding diaryl/α,β-unsaturated/α-hetero) is 1. The SMILES string of the molecule is COc1cc(OC)c2c(c1Cl)O[C@@]1(C(=O)C=C(Nc3ccccc3-c3nnn(CC(N)=O)n3)C[C@H]1C)C2=O. The molecule has 12 nitrogen and oxygen atoms in total. The lowest BCUT2D eigenvalue weighted by molar-refractivity contribution is -0.129. The Labute approximate surface area is 221 Å². The number of para-hydroxylation sites is 1. The number of carbonyl (C=O) groups excluding carboxylic acids is 3. The van der Waals surface area contributed by atoms with Crippen molar-refractivity contribution in [1.82, 2.24) is 20.2 Å². The maximum absolute atomic E-state index is 13.7. The van der Waals surface area contributed by atoms with E-state index in [0.29, 0.717) is 23.4 Å². The van der Waals surface area contributed by atoms with E-state index in [1.165, 1.54) is 26.4 Å². The number of aromatic nitrogens is 4. The molecule has 1 amide bonds. The van der Waals surface area contributed by atoms with Crippen LogP contribution in [0.5, 0.6) is 17.2 Å². The van der Waals surface area contributed by atoms with Crippen molar-refractivity contribution in [3.63, 3.8) is 0 Å². The average Bonchev–Trinajstić information content (AvgIpc) is 3.47. The Hall–Kier alpha value is -4.45. The molecule has 38 heavy (non-hydrogen) atoms. The Bertz CT molecular complexity index is 1520. The molecule has 13 heteroatoms. The van der Waals surface area contributed by atoms with E-state index in [1.807, 2.05) is 0 Å². The number of carbonyl (C=O) groups is 3. The second-order valence-electron chi connectivity index (χ2n) is 8.89. The number of fused-ring (bicyclic) bond motifs is 1. The van der Waals surface area contributed by atoms with Gasteiger partial charge in [-0.15, -0.1) is 10.2 Å². The smallest absolute Gasteiger partial charge is 0.241 e. The quantitative estimate of drug-likeness (QED) is 0.427. The van der Waals surface area contributed by atoms with Crippen LogP contribution in [0.25, 0.3) is 11.4 Å². The molecular weight excluding hydrogens is 516 g/mol. The van der Waals surface area contributed by atoms with E-state index < -0.39 is 29.0 Å². The first-order valence-electron chi connectivity index (χ1n) is 11.5. The third-order valence-corrected chi connectivity index (χ3v) is 6.88. The van der Waals surface area contributed by atoms with Gasteiger partial charge in [-0.1, -0.05) is 30.7 Å². The lowest BCUT2D eigenvalue weighted by Gasteiger charge is -2.35. The summed E-state index contributed by atoms with van der Waals surface area (Å²) in [6.07, 6.45) is 1.66. The van der Waals surface area contributed by atoms with Crippen molar-refractivity contribution in [2.45, 2.75) is 25.5 Å². The first kappa shape index (κ1) is 25.2. The van der Waals surface area contributed by atoms with Gasteiger partial charge >= 0.3 is 0 Å². The summed E-state index contributed by atoms with van der Waals surface area (Å²) in [7, 11) is 2.84. The van der Waals surface area contributed by atoms with Crippen LogP contribution in [-0.2, 0) is 16.1 Å². The maximum Gasteiger partial charge on any atom is 0.241 e. The van der Waals surface area contributed by atoms with E-state index in [1.54, 1.807) is 31.2 Å². The van der Waals surface area contributed by atoms with Crippen molar-refractivity contribution in [2.24, 2.45) is 11.7 Å². The zero-order valence-electron chi connectivity index (χ0n) is 20.6. The standard InChI is InChI=1S/C25H23ClN6O6/c1-12-8-13(28-15-7-5-4-6-14(15)24-29-31-32(30-24)11-19(27)34)9-18(33)25(12)23(35)20-16(36-2)10-17(37-3)21(26)22(20)38-25/h4-7,9-10,12,28H,8,11H2,1-3H3,(H2,27,34)/t12-,25+/m1/s1. The molecular formula is C25H23ClN6O6. The number of ketones is 2. The van der Waals surface area contributed by atoms with Crippen LogP contribution in [-0.4, -0.2) is 57.5 Å². The van der Waals surface area contributed by atoms with Gasteiger partial charge in [-0.2, -0.15) is 4.80 Å². The molecule has 1 aliphatic carbocycles. The fourth-order valence-corrected chi connectivity index (χ4v) is 5.00. The number of primary amides is 1. The Balaban J connectivity index is 1.46. The Kier molecular flexibility index (Phi) is 6.27. The Morgan fingerprint density at radius 3 is 2.68 bits per heavy atom. The Morgan fingerprint density at radius 2 is 2.00 bits per heavy atom. The number of tetrazole rings is 1. The van der Waals surface area contributed by atoms with Gasteiger partial charge in [-0.05, 0) is 23.8 Å². The molecule has 2 atom stereocenters. The van der Waals surface area contributed by atoms with Gasteiger partial charge in [-0.25, -0.2) is 0 Å².